The molecule has 0 nitrogen and oxygen atoms in total. The molecule has 0 rings (SSSR count). The van der Waals surface area contributed by atoms with Gasteiger partial charge in [0.15, 0.2) is 0 Å². The molecule has 0 bridgehead atoms. The Bertz CT molecular complexity index is 13.5. The molecule has 27 valence electrons. The molecule has 0 saturated heterocycles. The Labute approximate surface area is 78.1 Å². The molecule has 0 N–H and O–H groups in total. The van der Waals surface area contributed by atoms with Crippen LogP contribution in [0.15, 0.2) is 0 Å². The van der Waals surface area contributed by atoms with Crippen molar-refractivity contribution in [3.8, 4) is 0 Å². The van der Waals surface area contributed by atoms with E-state index < -0.39 is 0 Å². The second-order valence-electron chi connectivity index (χ2n) is 0. The van der Waals surface area contributed by atoms with Gasteiger partial charge in [0.05, 0.1) is 0 Å². The summed E-state index contributed by atoms with van der Waals surface area (Å²) in [5.41, 5.74) is 0. The molecular weight excluding hydrogens is 212 g/mol. The Morgan fingerprint density at radius 2 is 1.25 bits per heavy atom. The Kier molecular flexibility index (Phi) is 147. The summed E-state index contributed by atoms with van der Waals surface area (Å²) in [6, 6.07) is 0. The van der Waals surface area contributed by atoms with E-state index in [0.29, 0.717) is 0 Å². The van der Waals surface area contributed by atoms with E-state index in [4.69, 9.17) is 0 Å². The number of hydrogen-bond donors (Lipinski definition) is 0. The Morgan fingerprint density at radius 3 is 1.25 bits per heavy atom. The summed E-state index contributed by atoms with van der Waals surface area (Å²) in [7, 11) is 0. The molecule has 0 aliphatic rings. The Hall–Kier alpha value is 2.40. The molecule has 4 heavy (non-hydrogen) atoms. The molecule has 0 atom stereocenters. The van der Waals surface area contributed by atoms with Crippen molar-refractivity contribution in [1.29, 1.82) is 0 Å². The predicted molar refractivity (Wildman–Crippen MR) is 7.98 cm³/mol. The molecule has 0 saturated carbocycles. The molecule has 0 aliphatic heterocycles. The summed E-state index contributed by atoms with van der Waals surface area (Å²) in [6.45, 7) is 0. The van der Waals surface area contributed by atoms with Gasteiger partial charge in [-0.15, -0.1) is 0 Å². The first-order valence-corrected chi connectivity index (χ1v) is 0. The summed E-state index contributed by atoms with van der Waals surface area (Å²) < 4.78 is 0. The quantitative estimate of drug-likeness (QED) is 0.491. The SMILES string of the molecule is [Cu].[H-].[H-].[Mg+2].[Ni].[Zn]. The minimum Gasteiger partial charge on any atom is -1.00 e. The van der Waals surface area contributed by atoms with Crippen LogP contribution in [0.3, 0.4) is 0 Å². The van der Waals surface area contributed by atoms with Gasteiger partial charge in [-0.1, -0.05) is 0 Å². The first-order chi connectivity index (χ1) is 0. The van der Waals surface area contributed by atoms with E-state index in [9.17, 15) is 0 Å². The summed E-state index contributed by atoms with van der Waals surface area (Å²) in [4.78, 5) is 0. The van der Waals surface area contributed by atoms with Gasteiger partial charge in [-0.25, -0.2) is 0 Å². The molecule has 1 radical (unpaired) electrons. The van der Waals surface area contributed by atoms with Crippen molar-refractivity contribution in [2.24, 2.45) is 0 Å². The van der Waals surface area contributed by atoms with Gasteiger partial charge in [0, 0.05) is 53.0 Å². The van der Waals surface area contributed by atoms with E-state index in [0.717, 1.165) is 0 Å². The van der Waals surface area contributed by atoms with Crippen LogP contribution in [-0.2, 0) is 53.0 Å². The van der Waals surface area contributed by atoms with Gasteiger partial charge in [-0.3, -0.25) is 0 Å². The second-order valence-corrected chi connectivity index (χ2v) is 0. The largest absolute Gasteiger partial charge is 2.00 e. The Balaban J connectivity index is 0. The smallest absolute Gasteiger partial charge is 1.00 e. The fraction of sp³-hybridized carbons (Fsp3) is 0. The van der Waals surface area contributed by atoms with E-state index >= 15 is 0 Å². The maximum atomic E-state index is 0. The van der Waals surface area contributed by atoms with Gasteiger partial charge >= 0.3 is 23.1 Å². The third kappa shape index (κ3) is 8.83. The summed E-state index contributed by atoms with van der Waals surface area (Å²) in [5.74, 6) is 0. The fourth-order valence-electron chi connectivity index (χ4n) is 0. The van der Waals surface area contributed by atoms with E-state index in [-0.39, 0.29) is 78.9 Å². The average Bonchev–Trinajstić information content (AvgIpc) is 0. The average molecular weight is 214 g/mol. The molecule has 0 aliphatic carbocycles. The zero-order valence-electron chi connectivity index (χ0n) is 4.03. The first-order valence-electron chi connectivity index (χ1n) is 0. The maximum Gasteiger partial charge on any atom is 2.00 e. The van der Waals surface area contributed by atoms with Crippen LogP contribution >= 0.6 is 0 Å². The standard InChI is InChI=1S/Cu.Mg.Ni.Zn.2H/q;+2;;;2*-1. The molecule has 0 aromatic heterocycles. The third-order valence-electron chi connectivity index (χ3n) is 0. The van der Waals surface area contributed by atoms with Crippen molar-refractivity contribution in [2.75, 3.05) is 0 Å². The summed E-state index contributed by atoms with van der Waals surface area (Å²) in [5, 5.41) is 0. The van der Waals surface area contributed by atoms with E-state index in [1.807, 2.05) is 0 Å². The van der Waals surface area contributed by atoms with Gasteiger partial charge in [-0.2, -0.15) is 0 Å². The normalized spacial score (nSPS) is 0. The molecule has 0 spiro atoms. The van der Waals surface area contributed by atoms with Gasteiger partial charge in [0.25, 0.3) is 0 Å². The zero-order valence-corrected chi connectivity index (χ0v) is 8.34. The molecule has 0 fully saturated rings. The van der Waals surface area contributed by atoms with Crippen LogP contribution in [0.4, 0.5) is 0 Å². The van der Waals surface area contributed by atoms with E-state index in [2.05, 4.69) is 0 Å². The maximum absolute atomic E-state index is 0. The van der Waals surface area contributed by atoms with Crippen LogP contribution in [0.1, 0.15) is 2.85 Å². The monoisotopic (exact) mass is 211 g/mol. The number of hydrogen-bond acceptors (Lipinski definition) is 0. The molecular formula is H2CuMgNiZn. The van der Waals surface area contributed by atoms with Gasteiger partial charge in [0.1, 0.15) is 0 Å². The molecule has 0 aromatic rings. The topological polar surface area (TPSA) is 0 Å². The third-order valence-corrected chi connectivity index (χ3v) is 0. The molecule has 4 heteroatoms. The Morgan fingerprint density at radius 1 is 1.25 bits per heavy atom. The summed E-state index contributed by atoms with van der Waals surface area (Å²) >= 11 is 0. The van der Waals surface area contributed by atoms with Gasteiger partial charge in [-0.05, 0) is 0 Å². The van der Waals surface area contributed by atoms with Crippen molar-refractivity contribution in [3.05, 3.63) is 0 Å². The van der Waals surface area contributed by atoms with Crippen LogP contribution in [0.2, 0.25) is 0 Å². The van der Waals surface area contributed by atoms with Crippen LogP contribution in [0.25, 0.3) is 0 Å². The molecule has 0 unspecified atom stereocenters. The van der Waals surface area contributed by atoms with Crippen molar-refractivity contribution in [2.45, 2.75) is 0 Å². The van der Waals surface area contributed by atoms with Crippen LogP contribution < -0.4 is 0 Å². The van der Waals surface area contributed by atoms with Crippen LogP contribution in [-0.4, -0.2) is 23.1 Å². The summed E-state index contributed by atoms with van der Waals surface area (Å²) in [6.07, 6.45) is 0. The van der Waals surface area contributed by atoms with Crippen LogP contribution in [0, 0.1) is 0 Å². The minimum atomic E-state index is 0. The van der Waals surface area contributed by atoms with Crippen LogP contribution in [0.5, 0.6) is 0 Å². The number of rotatable bonds is 0. The van der Waals surface area contributed by atoms with Gasteiger partial charge in [0.2, 0.25) is 0 Å². The minimum absolute atomic E-state index is 0. The van der Waals surface area contributed by atoms with Crippen molar-refractivity contribution >= 4 is 23.1 Å². The van der Waals surface area contributed by atoms with Crippen molar-refractivity contribution in [1.82, 2.24) is 0 Å². The van der Waals surface area contributed by atoms with Crippen molar-refractivity contribution in [3.63, 3.8) is 0 Å². The zero-order chi connectivity index (χ0) is 0. The first kappa shape index (κ1) is 32.4. The van der Waals surface area contributed by atoms with Gasteiger partial charge < -0.3 is 2.85 Å². The molecule has 0 amide bonds. The molecule has 0 aromatic carbocycles. The van der Waals surface area contributed by atoms with E-state index in [1.165, 1.54) is 0 Å². The van der Waals surface area contributed by atoms with E-state index in [1.54, 1.807) is 0 Å². The fourth-order valence-corrected chi connectivity index (χ4v) is 0. The predicted octanol–water partition coefficient (Wildman–Crippen LogP) is -0.163. The second kappa shape index (κ2) is 18.1. The van der Waals surface area contributed by atoms with Crippen molar-refractivity contribution < 1.29 is 55.9 Å². The molecule has 0 heterocycles.